The standard InChI is InChI=1S/C13H22N2/c1-15-10-6-9-13(15)11-14-12-7-4-2-3-5-8-12/h6,9-10,12,14H,2-5,7-8,11H2,1H3/p+1. The van der Waals surface area contributed by atoms with Gasteiger partial charge in [0.25, 0.3) is 0 Å². The molecule has 0 saturated heterocycles. The Hall–Kier alpha value is -0.760. The fourth-order valence-electron chi connectivity index (χ4n) is 2.54. The van der Waals surface area contributed by atoms with Crippen LogP contribution in [0.15, 0.2) is 18.3 Å². The van der Waals surface area contributed by atoms with Crippen LogP contribution in [0.5, 0.6) is 0 Å². The Morgan fingerprint density at radius 3 is 2.60 bits per heavy atom. The number of aryl methyl sites for hydroxylation is 1. The van der Waals surface area contributed by atoms with Gasteiger partial charge in [-0.3, -0.25) is 0 Å². The van der Waals surface area contributed by atoms with E-state index in [9.17, 15) is 0 Å². The normalized spacial score (nSPS) is 19.0. The molecule has 0 unspecified atom stereocenters. The quantitative estimate of drug-likeness (QED) is 0.730. The highest BCUT2D eigenvalue weighted by Crippen LogP contribution is 2.14. The molecule has 1 aromatic rings. The molecular formula is C13H23N2+. The van der Waals surface area contributed by atoms with E-state index in [-0.39, 0.29) is 0 Å². The van der Waals surface area contributed by atoms with E-state index < -0.39 is 0 Å². The van der Waals surface area contributed by atoms with Gasteiger partial charge in [0.1, 0.15) is 6.54 Å². The van der Waals surface area contributed by atoms with Crippen LogP contribution in [0, 0.1) is 0 Å². The van der Waals surface area contributed by atoms with E-state index in [1.165, 1.54) is 44.2 Å². The van der Waals surface area contributed by atoms with Gasteiger partial charge in [0.05, 0.1) is 11.7 Å². The molecule has 1 fully saturated rings. The molecule has 2 rings (SSSR count). The Morgan fingerprint density at radius 2 is 2.00 bits per heavy atom. The second-order valence-corrected chi connectivity index (χ2v) is 4.80. The molecule has 1 aliphatic carbocycles. The zero-order valence-corrected chi connectivity index (χ0v) is 9.78. The van der Waals surface area contributed by atoms with Crippen molar-refractivity contribution in [1.82, 2.24) is 4.57 Å². The van der Waals surface area contributed by atoms with Gasteiger partial charge in [-0.05, 0) is 37.8 Å². The average Bonchev–Trinajstić information content (AvgIpc) is 2.53. The number of rotatable bonds is 3. The summed E-state index contributed by atoms with van der Waals surface area (Å²) in [5.41, 5.74) is 1.44. The predicted molar refractivity (Wildman–Crippen MR) is 62.5 cm³/mol. The fourth-order valence-corrected chi connectivity index (χ4v) is 2.54. The highest BCUT2D eigenvalue weighted by atomic mass is 15.0. The van der Waals surface area contributed by atoms with Gasteiger partial charge in [0.2, 0.25) is 0 Å². The maximum absolute atomic E-state index is 2.54. The Balaban J connectivity index is 1.79. The number of nitrogens with two attached hydrogens (primary N) is 1. The minimum Gasteiger partial charge on any atom is -0.350 e. The number of quaternary nitrogens is 1. The van der Waals surface area contributed by atoms with E-state index in [0.29, 0.717) is 0 Å². The van der Waals surface area contributed by atoms with Crippen LogP contribution < -0.4 is 5.32 Å². The van der Waals surface area contributed by atoms with Gasteiger partial charge < -0.3 is 9.88 Å². The summed E-state index contributed by atoms with van der Waals surface area (Å²) >= 11 is 0. The summed E-state index contributed by atoms with van der Waals surface area (Å²) in [6.45, 7) is 1.15. The molecule has 1 heterocycles. The first-order valence-corrected chi connectivity index (χ1v) is 6.30. The summed E-state index contributed by atoms with van der Waals surface area (Å²) in [5.74, 6) is 0. The summed E-state index contributed by atoms with van der Waals surface area (Å²) in [6, 6.07) is 5.24. The molecule has 0 atom stereocenters. The van der Waals surface area contributed by atoms with Crippen LogP contribution >= 0.6 is 0 Å². The van der Waals surface area contributed by atoms with Gasteiger partial charge in [-0.1, -0.05) is 12.8 Å². The first-order valence-electron chi connectivity index (χ1n) is 6.30. The third kappa shape index (κ3) is 3.10. The number of nitrogens with zero attached hydrogens (tertiary/aromatic N) is 1. The molecule has 0 aliphatic heterocycles. The maximum Gasteiger partial charge on any atom is 0.117 e. The minimum absolute atomic E-state index is 0.877. The lowest BCUT2D eigenvalue weighted by atomic mass is 10.1. The van der Waals surface area contributed by atoms with Crippen LogP contribution in [0.1, 0.15) is 44.2 Å². The third-order valence-electron chi connectivity index (χ3n) is 3.61. The van der Waals surface area contributed by atoms with E-state index in [4.69, 9.17) is 0 Å². The Bertz CT molecular complexity index is 282. The molecule has 1 aromatic heterocycles. The first kappa shape index (κ1) is 10.7. The number of hydrogen-bond acceptors (Lipinski definition) is 0. The zero-order valence-electron chi connectivity index (χ0n) is 9.78. The van der Waals surface area contributed by atoms with Gasteiger partial charge >= 0.3 is 0 Å². The van der Waals surface area contributed by atoms with Crippen LogP contribution in [-0.4, -0.2) is 10.6 Å². The molecule has 2 N–H and O–H groups in total. The summed E-state index contributed by atoms with van der Waals surface area (Å²) in [4.78, 5) is 0. The lowest BCUT2D eigenvalue weighted by Gasteiger charge is -2.12. The highest BCUT2D eigenvalue weighted by Gasteiger charge is 2.14. The lowest BCUT2D eigenvalue weighted by molar-refractivity contribution is -0.706. The van der Waals surface area contributed by atoms with Gasteiger partial charge in [0.15, 0.2) is 0 Å². The van der Waals surface area contributed by atoms with Gasteiger partial charge in [-0.2, -0.15) is 0 Å². The van der Waals surface area contributed by atoms with Crippen LogP contribution in [0.25, 0.3) is 0 Å². The van der Waals surface area contributed by atoms with Gasteiger partial charge in [-0.25, -0.2) is 0 Å². The van der Waals surface area contributed by atoms with Crippen molar-refractivity contribution in [2.24, 2.45) is 7.05 Å². The van der Waals surface area contributed by atoms with Crippen molar-refractivity contribution >= 4 is 0 Å². The summed E-state index contributed by atoms with van der Waals surface area (Å²) in [5, 5.41) is 2.54. The fraction of sp³-hybridized carbons (Fsp3) is 0.692. The van der Waals surface area contributed by atoms with E-state index >= 15 is 0 Å². The van der Waals surface area contributed by atoms with Crippen molar-refractivity contribution in [3.05, 3.63) is 24.0 Å². The molecule has 84 valence electrons. The average molecular weight is 207 g/mol. The van der Waals surface area contributed by atoms with Crippen molar-refractivity contribution in [3.8, 4) is 0 Å². The molecule has 0 amide bonds. The zero-order chi connectivity index (χ0) is 10.5. The van der Waals surface area contributed by atoms with Crippen LogP contribution in [0.3, 0.4) is 0 Å². The molecular weight excluding hydrogens is 184 g/mol. The monoisotopic (exact) mass is 207 g/mol. The van der Waals surface area contributed by atoms with E-state index in [0.717, 1.165) is 12.6 Å². The number of hydrogen-bond donors (Lipinski definition) is 1. The smallest absolute Gasteiger partial charge is 0.117 e. The molecule has 2 heteroatoms. The molecule has 0 spiro atoms. The second kappa shape index (κ2) is 5.36. The van der Waals surface area contributed by atoms with Crippen molar-refractivity contribution in [2.75, 3.05) is 0 Å². The van der Waals surface area contributed by atoms with E-state index in [1.54, 1.807) is 0 Å². The molecule has 1 aliphatic rings. The predicted octanol–water partition coefficient (Wildman–Crippen LogP) is 1.81. The van der Waals surface area contributed by atoms with Gasteiger partial charge in [0, 0.05) is 13.2 Å². The SMILES string of the molecule is Cn1cccc1C[NH2+]C1CCCCCC1. The van der Waals surface area contributed by atoms with Crippen molar-refractivity contribution < 1.29 is 5.32 Å². The summed E-state index contributed by atoms with van der Waals surface area (Å²) < 4.78 is 2.23. The molecule has 2 nitrogen and oxygen atoms in total. The third-order valence-corrected chi connectivity index (χ3v) is 3.61. The van der Waals surface area contributed by atoms with Crippen LogP contribution in [0.4, 0.5) is 0 Å². The van der Waals surface area contributed by atoms with Crippen molar-refractivity contribution in [3.63, 3.8) is 0 Å². The largest absolute Gasteiger partial charge is 0.350 e. The molecule has 1 saturated carbocycles. The van der Waals surface area contributed by atoms with Crippen molar-refractivity contribution in [2.45, 2.75) is 51.1 Å². The Labute approximate surface area is 92.7 Å². The Kier molecular flexibility index (Phi) is 3.84. The van der Waals surface area contributed by atoms with Crippen molar-refractivity contribution in [1.29, 1.82) is 0 Å². The topological polar surface area (TPSA) is 21.5 Å². The molecule has 15 heavy (non-hydrogen) atoms. The first-order chi connectivity index (χ1) is 7.36. The van der Waals surface area contributed by atoms with E-state index in [1.807, 2.05) is 0 Å². The molecule has 0 aromatic carbocycles. The minimum atomic E-state index is 0.877. The second-order valence-electron chi connectivity index (χ2n) is 4.80. The summed E-state index contributed by atoms with van der Waals surface area (Å²) in [6.07, 6.45) is 10.8. The molecule has 0 radical (unpaired) electrons. The highest BCUT2D eigenvalue weighted by molar-refractivity contribution is 5.04. The summed E-state index contributed by atoms with van der Waals surface area (Å²) in [7, 11) is 2.14. The maximum atomic E-state index is 2.54. The van der Waals surface area contributed by atoms with Gasteiger partial charge in [-0.15, -0.1) is 0 Å². The Morgan fingerprint density at radius 1 is 1.27 bits per heavy atom. The van der Waals surface area contributed by atoms with Crippen LogP contribution in [0.2, 0.25) is 0 Å². The molecule has 0 bridgehead atoms. The number of aromatic nitrogens is 1. The lowest BCUT2D eigenvalue weighted by Crippen LogP contribution is -2.88. The van der Waals surface area contributed by atoms with E-state index in [2.05, 4.69) is 35.3 Å². The van der Waals surface area contributed by atoms with Crippen LogP contribution in [-0.2, 0) is 13.6 Å².